The van der Waals surface area contributed by atoms with Crippen molar-refractivity contribution in [1.82, 2.24) is 4.90 Å². The number of ketones is 1. The molecule has 1 aromatic carbocycles. The summed E-state index contributed by atoms with van der Waals surface area (Å²) in [6.45, 7) is 1.86. The Kier molecular flexibility index (Phi) is 3.93. The molecule has 3 atom stereocenters. The molecule has 3 unspecified atom stereocenters. The Bertz CT molecular complexity index is 485. The van der Waals surface area contributed by atoms with Crippen molar-refractivity contribution in [2.45, 2.75) is 25.2 Å². The lowest BCUT2D eigenvalue weighted by atomic mass is 10.0. The summed E-state index contributed by atoms with van der Waals surface area (Å²) in [7, 11) is 0. The maximum Gasteiger partial charge on any atom is 0.182 e. The summed E-state index contributed by atoms with van der Waals surface area (Å²) in [5, 5.41) is 18.9. The van der Waals surface area contributed by atoms with E-state index in [1.807, 2.05) is 0 Å². The molecule has 19 heavy (non-hydrogen) atoms. The molecule has 0 saturated carbocycles. The first-order chi connectivity index (χ1) is 8.90. The average molecular weight is 271 g/mol. The predicted molar refractivity (Wildman–Crippen MR) is 63.7 cm³/mol. The number of hydrogen-bond donors (Lipinski definition) is 2. The minimum Gasteiger partial charge on any atom is -0.389 e. The lowest BCUT2D eigenvalue weighted by Gasteiger charge is -2.22. The number of halogens is 2. The molecule has 0 bridgehead atoms. The van der Waals surface area contributed by atoms with Gasteiger partial charge >= 0.3 is 0 Å². The second-order valence-electron chi connectivity index (χ2n) is 4.75. The van der Waals surface area contributed by atoms with Crippen LogP contribution in [0.4, 0.5) is 8.78 Å². The van der Waals surface area contributed by atoms with Crippen molar-refractivity contribution in [3.05, 3.63) is 35.4 Å². The number of carbonyl (C=O) groups is 1. The maximum atomic E-state index is 13.5. The van der Waals surface area contributed by atoms with Crippen LogP contribution in [-0.2, 0) is 0 Å². The van der Waals surface area contributed by atoms with Gasteiger partial charge in [-0.25, -0.2) is 8.78 Å². The second-order valence-corrected chi connectivity index (χ2v) is 4.75. The predicted octanol–water partition coefficient (Wildman–Crippen LogP) is 0.573. The van der Waals surface area contributed by atoms with E-state index in [9.17, 15) is 23.8 Å². The third-order valence-corrected chi connectivity index (χ3v) is 3.41. The molecule has 0 radical (unpaired) electrons. The van der Waals surface area contributed by atoms with Gasteiger partial charge in [0.15, 0.2) is 5.78 Å². The zero-order valence-electron chi connectivity index (χ0n) is 10.4. The highest BCUT2D eigenvalue weighted by Gasteiger charge is 2.35. The first kappa shape index (κ1) is 14.0. The standard InChI is InChI=1S/C13H15F2NO3/c1-7(16-5-11(17)12(18)6-16)13(19)9-3-2-8(14)4-10(9)15/h2-4,7,11-12,17-18H,5-6H2,1H3. The number of benzene rings is 1. The molecule has 1 aliphatic heterocycles. The molecule has 0 aromatic heterocycles. The molecule has 6 heteroatoms. The van der Waals surface area contributed by atoms with Crippen molar-refractivity contribution in [2.75, 3.05) is 13.1 Å². The highest BCUT2D eigenvalue weighted by atomic mass is 19.1. The number of β-amino-alcohol motifs (C(OH)–C–C–N with tert-alkyl or cyclic N) is 2. The Morgan fingerprint density at radius 3 is 2.42 bits per heavy atom. The van der Waals surface area contributed by atoms with E-state index in [-0.39, 0.29) is 18.7 Å². The molecular weight excluding hydrogens is 256 g/mol. The van der Waals surface area contributed by atoms with E-state index in [0.29, 0.717) is 6.07 Å². The third kappa shape index (κ3) is 2.80. The number of rotatable bonds is 3. The summed E-state index contributed by atoms with van der Waals surface area (Å²) in [6.07, 6.45) is -1.82. The number of aliphatic hydroxyl groups excluding tert-OH is 2. The van der Waals surface area contributed by atoms with Crippen molar-refractivity contribution in [3.8, 4) is 0 Å². The van der Waals surface area contributed by atoms with Crippen LogP contribution in [0, 0.1) is 11.6 Å². The van der Waals surface area contributed by atoms with Gasteiger partial charge in [0, 0.05) is 19.2 Å². The van der Waals surface area contributed by atoms with Crippen LogP contribution in [0.1, 0.15) is 17.3 Å². The fraction of sp³-hybridized carbons (Fsp3) is 0.462. The van der Waals surface area contributed by atoms with Crippen LogP contribution in [0.3, 0.4) is 0 Å². The molecule has 104 valence electrons. The third-order valence-electron chi connectivity index (χ3n) is 3.41. The minimum absolute atomic E-state index is 0.150. The molecular formula is C13H15F2NO3. The molecule has 2 rings (SSSR count). The Balaban J connectivity index is 2.15. The zero-order valence-corrected chi connectivity index (χ0v) is 10.4. The Morgan fingerprint density at radius 1 is 1.32 bits per heavy atom. The first-order valence-electron chi connectivity index (χ1n) is 5.99. The molecule has 0 aliphatic carbocycles. The summed E-state index contributed by atoms with van der Waals surface area (Å²) in [5.74, 6) is -2.15. The Hall–Kier alpha value is -1.37. The van der Waals surface area contributed by atoms with Gasteiger partial charge in [-0.3, -0.25) is 9.69 Å². The zero-order chi connectivity index (χ0) is 14.2. The SMILES string of the molecule is CC(C(=O)c1ccc(F)cc1F)N1CC(O)C(O)C1. The molecule has 2 N–H and O–H groups in total. The summed E-state index contributed by atoms with van der Waals surface area (Å²) >= 11 is 0. The number of likely N-dealkylation sites (tertiary alicyclic amines) is 1. The van der Waals surface area contributed by atoms with Crippen LogP contribution in [0.15, 0.2) is 18.2 Å². The lowest BCUT2D eigenvalue weighted by Crippen LogP contribution is -2.38. The van der Waals surface area contributed by atoms with Crippen LogP contribution < -0.4 is 0 Å². The van der Waals surface area contributed by atoms with Gasteiger partial charge in [-0.05, 0) is 19.1 Å². The molecule has 1 aliphatic rings. The van der Waals surface area contributed by atoms with E-state index in [1.165, 1.54) is 0 Å². The van der Waals surface area contributed by atoms with E-state index >= 15 is 0 Å². The Labute approximate surface area is 109 Å². The minimum atomic E-state index is -0.909. The molecule has 1 fully saturated rings. The normalized spacial score (nSPS) is 25.5. The monoisotopic (exact) mass is 271 g/mol. The van der Waals surface area contributed by atoms with Crippen molar-refractivity contribution in [1.29, 1.82) is 0 Å². The number of Topliss-reactive ketones (excluding diaryl/α,β-unsaturated/α-hetero) is 1. The van der Waals surface area contributed by atoms with Gasteiger partial charge < -0.3 is 10.2 Å². The van der Waals surface area contributed by atoms with Crippen LogP contribution in [0.25, 0.3) is 0 Å². The largest absolute Gasteiger partial charge is 0.389 e. The summed E-state index contributed by atoms with van der Waals surface area (Å²) in [6, 6.07) is 2.10. The number of aliphatic hydroxyl groups is 2. The lowest BCUT2D eigenvalue weighted by molar-refractivity contribution is 0.0572. The fourth-order valence-corrected chi connectivity index (χ4v) is 2.19. The van der Waals surface area contributed by atoms with Crippen LogP contribution in [-0.4, -0.2) is 52.2 Å². The summed E-state index contributed by atoms with van der Waals surface area (Å²) in [5.41, 5.74) is -0.190. The van der Waals surface area contributed by atoms with Gasteiger partial charge in [0.2, 0.25) is 0 Å². The van der Waals surface area contributed by atoms with Crippen LogP contribution in [0.2, 0.25) is 0 Å². The van der Waals surface area contributed by atoms with E-state index in [1.54, 1.807) is 11.8 Å². The van der Waals surface area contributed by atoms with Crippen molar-refractivity contribution >= 4 is 5.78 Å². The quantitative estimate of drug-likeness (QED) is 0.789. The second kappa shape index (κ2) is 5.32. The van der Waals surface area contributed by atoms with E-state index < -0.39 is 35.7 Å². The van der Waals surface area contributed by atoms with E-state index in [4.69, 9.17) is 0 Å². The van der Waals surface area contributed by atoms with Crippen LogP contribution in [0.5, 0.6) is 0 Å². The molecule has 1 heterocycles. The summed E-state index contributed by atoms with van der Waals surface area (Å²) < 4.78 is 26.3. The van der Waals surface area contributed by atoms with Gasteiger partial charge in [-0.1, -0.05) is 0 Å². The van der Waals surface area contributed by atoms with Gasteiger partial charge in [0.25, 0.3) is 0 Å². The van der Waals surface area contributed by atoms with Gasteiger partial charge in [-0.2, -0.15) is 0 Å². The van der Waals surface area contributed by atoms with Crippen LogP contribution >= 0.6 is 0 Å². The van der Waals surface area contributed by atoms with Crippen molar-refractivity contribution in [3.63, 3.8) is 0 Å². The summed E-state index contributed by atoms with van der Waals surface area (Å²) in [4.78, 5) is 13.7. The molecule has 0 spiro atoms. The number of nitrogens with zero attached hydrogens (tertiary/aromatic N) is 1. The fourth-order valence-electron chi connectivity index (χ4n) is 2.19. The Morgan fingerprint density at radius 2 is 1.89 bits per heavy atom. The smallest absolute Gasteiger partial charge is 0.182 e. The van der Waals surface area contributed by atoms with Gasteiger partial charge in [0.1, 0.15) is 11.6 Å². The van der Waals surface area contributed by atoms with E-state index in [2.05, 4.69) is 0 Å². The average Bonchev–Trinajstić information content (AvgIpc) is 2.68. The number of carbonyl (C=O) groups excluding carboxylic acids is 1. The van der Waals surface area contributed by atoms with E-state index in [0.717, 1.165) is 12.1 Å². The molecule has 4 nitrogen and oxygen atoms in total. The molecule has 0 amide bonds. The van der Waals surface area contributed by atoms with Crippen molar-refractivity contribution in [2.24, 2.45) is 0 Å². The van der Waals surface area contributed by atoms with Gasteiger partial charge in [0.05, 0.1) is 23.8 Å². The molecule has 1 aromatic rings. The van der Waals surface area contributed by atoms with Crippen molar-refractivity contribution < 1.29 is 23.8 Å². The topological polar surface area (TPSA) is 60.8 Å². The first-order valence-corrected chi connectivity index (χ1v) is 5.99. The molecule has 1 saturated heterocycles. The highest BCUT2D eigenvalue weighted by Crippen LogP contribution is 2.18. The highest BCUT2D eigenvalue weighted by molar-refractivity contribution is 6.00. The maximum absolute atomic E-state index is 13.5. The van der Waals surface area contributed by atoms with Gasteiger partial charge in [-0.15, -0.1) is 0 Å². The number of hydrogen-bond acceptors (Lipinski definition) is 4.